The van der Waals surface area contributed by atoms with Crippen molar-refractivity contribution in [1.82, 2.24) is 5.32 Å². The van der Waals surface area contributed by atoms with Gasteiger partial charge in [0, 0.05) is 16.1 Å². The number of rotatable bonds is 3. The molecule has 1 saturated heterocycles. The number of amides is 1. The van der Waals surface area contributed by atoms with Gasteiger partial charge in [-0.3, -0.25) is 19.8 Å². The Balaban J connectivity index is 0.00000176. The summed E-state index contributed by atoms with van der Waals surface area (Å²) in [7, 11) is 0. The second kappa shape index (κ2) is 6.92. The van der Waals surface area contributed by atoms with Crippen LogP contribution in [0.3, 0.4) is 0 Å². The molecule has 6 heteroatoms. The summed E-state index contributed by atoms with van der Waals surface area (Å²) in [5.74, 6) is -0.202. The number of halogens is 2. The molecule has 1 amide bonds. The zero-order valence-electron chi connectivity index (χ0n) is 11.6. The van der Waals surface area contributed by atoms with E-state index >= 15 is 0 Å². The standard InChI is InChI=1S/C16H13ClN2O2.ClH/c17-12-6-7-14(19-10-18-9-15(19)20)13(8-12)16(21)11-4-2-1-3-5-11;/h1-8,18H,9-10H2;1H. The Morgan fingerprint density at radius 3 is 2.50 bits per heavy atom. The van der Waals surface area contributed by atoms with Crippen molar-refractivity contribution in [3.8, 4) is 0 Å². The summed E-state index contributed by atoms with van der Waals surface area (Å²) in [5, 5.41) is 3.44. The van der Waals surface area contributed by atoms with Crippen LogP contribution in [-0.4, -0.2) is 24.9 Å². The summed E-state index contributed by atoms with van der Waals surface area (Å²) in [5.41, 5.74) is 1.59. The second-order valence-electron chi connectivity index (χ2n) is 4.76. The number of benzene rings is 2. The zero-order valence-corrected chi connectivity index (χ0v) is 13.2. The van der Waals surface area contributed by atoms with Crippen LogP contribution < -0.4 is 10.2 Å². The average Bonchev–Trinajstić information content (AvgIpc) is 2.93. The van der Waals surface area contributed by atoms with Gasteiger partial charge in [-0.2, -0.15) is 0 Å². The van der Waals surface area contributed by atoms with E-state index in [1.165, 1.54) is 0 Å². The molecule has 0 aliphatic carbocycles. The molecule has 1 N–H and O–H groups in total. The van der Waals surface area contributed by atoms with Crippen molar-refractivity contribution in [3.05, 3.63) is 64.7 Å². The number of nitrogens with one attached hydrogen (secondary N) is 1. The molecule has 0 bridgehead atoms. The van der Waals surface area contributed by atoms with E-state index in [0.29, 0.717) is 28.5 Å². The molecule has 114 valence electrons. The van der Waals surface area contributed by atoms with Gasteiger partial charge < -0.3 is 0 Å². The van der Waals surface area contributed by atoms with Gasteiger partial charge in [0.05, 0.1) is 18.9 Å². The molecule has 0 aromatic heterocycles. The highest BCUT2D eigenvalue weighted by Gasteiger charge is 2.26. The average molecular weight is 337 g/mol. The van der Waals surface area contributed by atoms with Crippen molar-refractivity contribution in [2.45, 2.75) is 0 Å². The first-order valence-electron chi connectivity index (χ1n) is 6.57. The quantitative estimate of drug-likeness (QED) is 0.877. The number of anilines is 1. The molecular weight excluding hydrogens is 323 g/mol. The Hall–Kier alpha value is -1.88. The summed E-state index contributed by atoms with van der Waals surface area (Å²) < 4.78 is 0. The maximum atomic E-state index is 12.7. The lowest BCUT2D eigenvalue weighted by Crippen LogP contribution is -2.27. The fourth-order valence-electron chi connectivity index (χ4n) is 2.35. The van der Waals surface area contributed by atoms with E-state index in [9.17, 15) is 9.59 Å². The van der Waals surface area contributed by atoms with Crippen LogP contribution in [0.25, 0.3) is 0 Å². The predicted octanol–water partition coefficient (Wildman–Crippen LogP) is 2.89. The van der Waals surface area contributed by atoms with Gasteiger partial charge in [-0.25, -0.2) is 0 Å². The maximum absolute atomic E-state index is 12.7. The van der Waals surface area contributed by atoms with Crippen LogP contribution in [0.2, 0.25) is 5.02 Å². The highest BCUT2D eigenvalue weighted by atomic mass is 35.5. The van der Waals surface area contributed by atoms with Crippen molar-refractivity contribution in [2.75, 3.05) is 18.1 Å². The van der Waals surface area contributed by atoms with Crippen molar-refractivity contribution >= 4 is 41.4 Å². The molecule has 1 heterocycles. The number of hydrogen-bond donors (Lipinski definition) is 1. The monoisotopic (exact) mass is 336 g/mol. The van der Waals surface area contributed by atoms with Gasteiger partial charge in [0.2, 0.25) is 5.91 Å². The SMILES string of the molecule is Cl.O=C(c1ccccc1)c1cc(Cl)ccc1N1CNCC1=O. The molecule has 1 aliphatic heterocycles. The highest BCUT2D eigenvalue weighted by molar-refractivity contribution is 6.31. The minimum absolute atomic E-state index is 0. The van der Waals surface area contributed by atoms with E-state index in [-0.39, 0.29) is 30.6 Å². The lowest BCUT2D eigenvalue weighted by Gasteiger charge is -2.18. The molecule has 2 aromatic carbocycles. The van der Waals surface area contributed by atoms with Crippen molar-refractivity contribution in [3.63, 3.8) is 0 Å². The van der Waals surface area contributed by atoms with Crippen molar-refractivity contribution in [2.24, 2.45) is 0 Å². The van der Waals surface area contributed by atoms with Gasteiger partial charge in [0.25, 0.3) is 0 Å². The van der Waals surface area contributed by atoms with Crippen LogP contribution in [0, 0.1) is 0 Å². The van der Waals surface area contributed by atoms with Crippen LogP contribution in [0.1, 0.15) is 15.9 Å². The first kappa shape index (κ1) is 16.5. The molecule has 0 radical (unpaired) electrons. The molecule has 2 aromatic rings. The number of carbonyl (C=O) groups is 2. The van der Waals surface area contributed by atoms with E-state index < -0.39 is 0 Å². The summed E-state index contributed by atoms with van der Waals surface area (Å²) in [6, 6.07) is 14.0. The van der Waals surface area contributed by atoms with Gasteiger partial charge >= 0.3 is 0 Å². The van der Waals surface area contributed by atoms with Crippen LogP contribution in [0.5, 0.6) is 0 Å². The molecule has 1 aliphatic rings. The fraction of sp³-hybridized carbons (Fsp3) is 0.125. The lowest BCUT2D eigenvalue weighted by molar-refractivity contribution is -0.116. The van der Waals surface area contributed by atoms with Crippen molar-refractivity contribution < 1.29 is 9.59 Å². The Labute approximate surface area is 139 Å². The highest BCUT2D eigenvalue weighted by Crippen LogP contribution is 2.27. The summed E-state index contributed by atoms with van der Waals surface area (Å²) in [6.45, 7) is 0.678. The third-order valence-corrected chi connectivity index (χ3v) is 3.61. The molecule has 0 unspecified atom stereocenters. The largest absolute Gasteiger partial charge is 0.297 e. The first-order chi connectivity index (χ1) is 10.2. The maximum Gasteiger partial charge on any atom is 0.242 e. The van der Waals surface area contributed by atoms with Crippen LogP contribution in [0.15, 0.2) is 48.5 Å². The summed E-state index contributed by atoms with van der Waals surface area (Å²) in [6.07, 6.45) is 0. The molecule has 0 atom stereocenters. The molecule has 1 fully saturated rings. The van der Waals surface area contributed by atoms with Crippen LogP contribution in [-0.2, 0) is 4.79 Å². The summed E-state index contributed by atoms with van der Waals surface area (Å²) in [4.78, 5) is 26.1. The number of ketones is 1. The van der Waals surface area contributed by atoms with E-state index in [2.05, 4.69) is 5.32 Å². The third-order valence-electron chi connectivity index (χ3n) is 3.38. The fourth-order valence-corrected chi connectivity index (χ4v) is 2.52. The summed E-state index contributed by atoms with van der Waals surface area (Å²) >= 11 is 6.02. The lowest BCUT2D eigenvalue weighted by atomic mass is 10.0. The zero-order chi connectivity index (χ0) is 14.8. The van der Waals surface area contributed by atoms with Crippen LogP contribution in [0.4, 0.5) is 5.69 Å². The molecular formula is C16H14Cl2N2O2. The van der Waals surface area contributed by atoms with Gasteiger partial charge in [-0.1, -0.05) is 41.9 Å². The number of nitrogens with zero attached hydrogens (tertiary/aromatic N) is 1. The molecule has 3 rings (SSSR count). The minimum Gasteiger partial charge on any atom is -0.297 e. The predicted molar refractivity (Wildman–Crippen MR) is 88.9 cm³/mol. The van der Waals surface area contributed by atoms with Gasteiger partial charge in [-0.05, 0) is 18.2 Å². The first-order valence-corrected chi connectivity index (χ1v) is 6.95. The van der Waals surface area contributed by atoms with Gasteiger partial charge in [-0.15, -0.1) is 12.4 Å². The Kier molecular flexibility index (Phi) is 5.19. The second-order valence-corrected chi connectivity index (χ2v) is 5.20. The molecule has 4 nitrogen and oxygen atoms in total. The van der Waals surface area contributed by atoms with Gasteiger partial charge in [0.1, 0.15) is 0 Å². The van der Waals surface area contributed by atoms with E-state index in [4.69, 9.17) is 11.6 Å². The third kappa shape index (κ3) is 3.14. The Morgan fingerprint density at radius 2 is 1.86 bits per heavy atom. The minimum atomic E-state index is -0.146. The molecule has 0 spiro atoms. The van der Waals surface area contributed by atoms with E-state index in [1.807, 2.05) is 6.07 Å². The molecule has 0 saturated carbocycles. The number of hydrogen-bond acceptors (Lipinski definition) is 3. The Bertz CT molecular complexity index is 705. The molecule has 22 heavy (non-hydrogen) atoms. The normalized spacial score (nSPS) is 13.9. The van der Waals surface area contributed by atoms with Gasteiger partial charge in [0.15, 0.2) is 5.78 Å². The van der Waals surface area contributed by atoms with E-state index in [0.717, 1.165) is 0 Å². The van der Waals surface area contributed by atoms with E-state index in [1.54, 1.807) is 47.4 Å². The topological polar surface area (TPSA) is 49.4 Å². The Morgan fingerprint density at radius 1 is 1.14 bits per heavy atom. The van der Waals surface area contributed by atoms with Crippen LogP contribution >= 0.6 is 24.0 Å². The number of carbonyl (C=O) groups excluding carboxylic acids is 2. The smallest absolute Gasteiger partial charge is 0.242 e. The van der Waals surface area contributed by atoms with Crippen molar-refractivity contribution in [1.29, 1.82) is 0 Å².